The van der Waals surface area contributed by atoms with Gasteiger partial charge >= 0.3 is 0 Å². The van der Waals surface area contributed by atoms with Gasteiger partial charge in [-0.3, -0.25) is 10.1 Å². The molecule has 1 aliphatic rings. The number of aryl methyl sites for hydroxylation is 1. The third kappa shape index (κ3) is 4.10. The Hall–Kier alpha value is -2.14. The molecule has 0 fully saturated rings. The van der Waals surface area contributed by atoms with Gasteiger partial charge in [-0.05, 0) is 49.2 Å². The number of amides is 1. The quantitative estimate of drug-likeness (QED) is 0.778. The summed E-state index contributed by atoms with van der Waals surface area (Å²) in [4.78, 5) is 13.2. The molecule has 1 aliphatic carbocycles. The minimum Gasteiger partial charge on any atom is -0.482 e. The first kappa shape index (κ1) is 17.7. The lowest BCUT2D eigenvalue weighted by molar-refractivity contribution is -0.121. The molecular weight excluding hydrogens is 378 g/mol. The van der Waals surface area contributed by atoms with Gasteiger partial charge in [-0.1, -0.05) is 23.7 Å². The van der Waals surface area contributed by atoms with E-state index in [4.69, 9.17) is 28.6 Å². The van der Waals surface area contributed by atoms with Crippen LogP contribution in [-0.4, -0.2) is 17.6 Å². The first-order valence-electron chi connectivity index (χ1n) is 7.61. The van der Waals surface area contributed by atoms with Gasteiger partial charge < -0.3 is 10.1 Å². The number of ether oxygens (including phenoxy) is 1. The van der Waals surface area contributed by atoms with Crippen LogP contribution in [0, 0.1) is 11.3 Å². The summed E-state index contributed by atoms with van der Waals surface area (Å²) in [6, 6.07) is 9.13. The molecule has 128 valence electrons. The molecule has 2 N–H and O–H groups in total. The fourth-order valence-electron chi connectivity index (χ4n) is 2.61. The number of carbonyl (C=O) groups is 1. The van der Waals surface area contributed by atoms with Crippen molar-refractivity contribution in [2.75, 3.05) is 11.9 Å². The maximum atomic E-state index is 12.0. The van der Waals surface area contributed by atoms with Crippen LogP contribution in [-0.2, 0) is 17.6 Å². The Morgan fingerprint density at radius 2 is 2.20 bits per heavy atom. The second-order valence-electron chi connectivity index (χ2n) is 5.39. The maximum Gasteiger partial charge on any atom is 0.264 e. The number of thiophene rings is 1. The van der Waals surface area contributed by atoms with Crippen molar-refractivity contribution in [1.29, 1.82) is 5.26 Å². The lowest BCUT2D eigenvalue weighted by Gasteiger charge is -2.10. The number of thiocarbonyl (C=S) groups is 1. The van der Waals surface area contributed by atoms with Crippen LogP contribution < -0.4 is 15.4 Å². The smallest absolute Gasteiger partial charge is 0.264 e. The van der Waals surface area contributed by atoms with E-state index in [2.05, 4.69) is 16.7 Å². The summed E-state index contributed by atoms with van der Waals surface area (Å²) in [6.07, 6.45) is 2.99. The minimum atomic E-state index is -0.403. The van der Waals surface area contributed by atoms with Crippen LogP contribution >= 0.6 is 35.2 Å². The van der Waals surface area contributed by atoms with Gasteiger partial charge in [-0.15, -0.1) is 11.3 Å². The Labute approximate surface area is 159 Å². The number of anilines is 1. The second-order valence-corrected chi connectivity index (χ2v) is 7.32. The van der Waals surface area contributed by atoms with Crippen LogP contribution in [0.15, 0.2) is 24.3 Å². The van der Waals surface area contributed by atoms with Gasteiger partial charge in [-0.25, -0.2) is 0 Å². The molecule has 0 atom stereocenters. The molecule has 1 heterocycles. The summed E-state index contributed by atoms with van der Waals surface area (Å²) in [6.45, 7) is -0.211. The number of fused-ring (bicyclic) bond motifs is 1. The molecule has 0 saturated carbocycles. The van der Waals surface area contributed by atoms with Gasteiger partial charge in [0.05, 0.1) is 10.6 Å². The van der Waals surface area contributed by atoms with E-state index in [0.717, 1.165) is 24.8 Å². The van der Waals surface area contributed by atoms with Crippen LogP contribution in [0.5, 0.6) is 5.75 Å². The normalized spacial score (nSPS) is 12.2. The highest BCUT2D eigenvalue weighted by molar-refractivity contribution is 7.80. The highest BCUT2D eigenvalue weighted by Crippen LogP contribution is 2.38. The highest BCUT2D eigenvalue weighted by Gasteiger charge is 2.22. The number of nitrogens with zero attached hydrogens (tertiary/aromatic N) is 1. The first-order chi connectivity index (χ1) is 12.1. The number of hydrogen-bond donors (Lipinski definition) is 2. The maximum absolute atomic E-state index is 12.0. The van der Waals surface area contributed by atoms with Crippen molar-refractivity contribution in [2.45, 2.75) is 19.3 Å². The SMILES string of the molecule is N#Cc1c(NC(=S)NC(=O)COc2ccccc2Cl)sc2c1CCC2. The van der Waals surface area contributed by atoms with E-state index in [-0.39, 0.29) is 11.7 Å². The Morgan fingerprint density at radius 3 is 2.96 bits per heavy atom. The predicted octanol–water partition coefficient (Wildman–Crippen LogP) is 3.65. The standard InChI is InChI=1S/C17H14ClN3O2S2/c18-12-5-1-2-6-13(12)23-9-15(22)20-17(24)21-16-11(8-19)10-4-3-7-14(10)25-16/h1-2,5-6H,3-4,7,9H2,(H2,20,21,22,24). The summed E-state index contributed by atoms with van der Waals surface area (Å²) in [5.74, 6) is 0.0275. The summed E-state index contributed by atoms with van der Waals surface area (Å²) in [5.41, 5.74) is 1.73. The second kappa shape index (κ2) is 7.83. The van der Waals surface area contributed by atoms with Crippen molar-refractivity contribution >= 4 is 51.2 Å². The molecule has 8 heteroatoms. The number of para-hydroxylation sites is 1. The van der Waals surface area contributed by atoms with E-state index < -0.39 is 5.91 Å². The van der Waals surface area contributed by atoms with E-state index in [1.54, 1.807) is 24.3 Å². The molecule has 0 unspecified atom stereocenters. The molecule has 2 aromatic rings. The van der Waals surface area contributed by atoms with Gasteiger partial charge in [0.25, 0.3) is 5.91 Å². The molecule has 1 amide bonds. The molecule has 3 rings (SSSR count). The number of halogens is 1. The molecule has 0 aliphatic heterocycles. The summed E-state index contributed by atoms with van der Waals surface area (Å²) in [7, 11) is 0. The molecule has 0 saturated heterocycles. The fourth-order valence-corrected chi connectivity index (χ4v) is 4.33. The van der Waals surface area contributed by atoms with E-state index in [9.17, 15) is 10.1 Å². The van der Waals surface area contributed by atoms with E-state index in [1.165, 1.54) is 16.2 Å². The average Bonchev–Trinajstić information content (AvgIpc) is 3.14. The van der Waals surface area contributed by atoms with Gasteiger partial charge in [0.2, 0.25) is 0 Å². The molecule has 25 heavy (non-hydrogen) atoms. The molecule has 0 radical (unpaired) electrons. The summed E-state index contributed by atoms with van der Waals surface area (Å²) in [5, 5.41) is 16.1. The topological polar surface area (TPSA) is 74.2 Å². The van der Waals surface area contributed by atoms with Gasteiger partial charge in [0.1, 0.15) is 16.8 Å². The number of hydrogen-bond acceptors (Lipinski definition) is 5. The number of carbonyl (C=O) groups excluding carboxylic acids is 1. The van der Waals surface area contributed by atoms with Crippen LogP contribution in [0.25, 0.3) is 0 Å². The lowest BCUT2D eigenvalue weighted by atomic mass is 10.1. The van der Waals surface area contributed by atoms with Crippen molar-refractivity contribution in [2.24, 2.45) is 0 Å². The number of nitrogens with one attached hydrogen (secondary N) is 2. The van der Waals surface area contributed by atoms with Crippen molar-refractivity contribution in [1.82, 2.24) is 5.32 Å². The van der Waals surface area contributed by atoms with Crippen molar-refractivity contribution in [3.05, 3.63) is 45.3 Å². The zero-order chi connectivity index (χ0) is 17.8. The lowest BCUT2D eigenvalue weighted by Crippen LogP contribution is -2.37. The largest absolute Gasteiger partial charge is 0.482 e. The minimum absolute atomic E-state index is 0.143. The average molecular weight is 392 g/mol. The predicted molar refractivity (Wildman–Crippen MR) is 102 cm³/mol. The first-order valence-corrected chi connectivity index (χ1v) is 9.21. The highest BCUT2D eigenvalue weighted by atomic mass is 35.5. The molecule has 1 aromatic heterocycles. The zero-order valence-corrected chi connectivity index (χ0v) is 15.5. The molecular formula is C17H14ClN3O2S2. The molecule has 5 nitrogen and oxygen atoms in total. The van der Waals surface area contributed by atoms with Crippen LogP contribution in [0.3, 0.4) is 0 Å². The van der Waals surface area contributed by atoms with Crippen molar-refractivity contribution in [3.63, 3.8) is 0 Å². The van der Waals surface area contributed by atoms with Crippen LogP contribution in [0.1, 0.15) is 22.4 Å². The number of rotatable bonds is 4. The third-order valence-electron chi connectivity index (χ3n) is 3.71. The molecule has 1 aromatic carbocycles. The summed E-state index contributed by atoms with van der Waals surface area (Å²) >= 11 is 12.6. The Morgan fingerprint density at radius 1 is 1.40 bits per heavy atom. The van der Waals surface area contributed by atoms with E-state index in [1.807, 2.05) is 0 Å². The van der Waals surface area contributed by atoms with Crippen LogP contribution in [0.2, 0.25) is 5.02 Å². The Kier molecular flexibility index (Phi) is 5.53. The van der Waals surface area contributed by atoms with Crippen molar-refractivity contribution < 1.29 is 9.53 Å². The molecule has 0 bridgehead atoms. The zero-order valence-electron chi connectivity index (χ0n) is 13.1. The number of benzene rings is 1. The third-order valence-corrected chi connectivity index (χ3v) is 5.43. The van der Waals surface area contributed by atoms with Crippen molar-refractivity contribution in [3.8, 4) is 11.8 Å². The van der Waals surface area contributed by atoms with Crippen LogP contribution in [0.4, 0.5) is 5.00 Å². The Balaban J connectivity index is 1.55. The number of nitriles is 1. The molecule has 0 spiro atoms. The van der Waals surface area contributed by atoms with Gasteiger partial charge in [-0.2, -0.15) is 5.26 Å². The van der Waals surface area contributed by atoms with Gasteiger partial charge in [0.15, 0.2) is 11.7 Å². The fraction of sp³-hybridized carbons (Fsp3) is 0.235. The van der Waals surface area contributed by atoms with E-state index >= 15 is 0 Å². The Bertz CT molecular complexity index is 873. The van der Waals surface area contributed by atoms with E-state index in [0.29, 0.717) is 21.3 Å². The monoisotopic (exact) mass is 391 g/mol. The van der Waals surface area contributed by atoms with Gasteiger partial charge in [0, 0.05) is 4.88 Å². The summed E-state index contributed by atoms with van der Waals surface area (Å²) < 4.78 is 5.36.